The lowest BCUT2D eigenvalue weighted by Gasteiger charge is -2.38. The Morgan fingerprint density at radius 1 is 1.03 bits per heavy atom. The summed E-state index contributed by atoms with van der Waals surface area (Å²) in [6.45, 7) is 13.6. The van der Waals surface area contributed by atoms with E-state index in [2.05, 4.69) is 33.9 Å². The van der Waals surface area contributed by atoms with Gasteiger partial charge in [-0.1, -0.05) is 6.07 Å². The number of nitrogens with zero attached hydrogens (tertiary/aromatic N) is 3. The van der Waals surface area contributed by atoms with Crippen molar-refractivity contribution in [1.29, 1.82) is 0 Å². The highest BCUT2D eigenvalue weighted by atomic mass is 16.5. The van der Waals surface area contributed by atoms with E-state index in [0.717, 1.165) is 62.8 Å². The van der Waals surface area contributed by atoms with Gasteiger partial charge in [-0.05, 0) is 57.7 Å². The molecule has 32 heavy (non-hydrogen) atoms. The number of carbonyl (C=O) groups is 1. The van der Waals surface area contributed by atoms with Crippen LogP contribution < -0.4 is 14.8 Å². The minimum atomic E-state index is -0.0961. The third-order valence-corrected chi connectivity index (χ3v) is 7.30. The molecule has 3 atom stereocenters. The molecule has 0 radical (unpaired) electrons. The van der Waals surface area contributed by atoms with Crippen molar-refractivity contribution < 1.29 is 14.3 Å². The molecule has 0 aliphatic carbocycles. The number of piperazine rings is 1. The van der Waals surface area contributed by atoms with E-state index in [1.165, 1.54) is 12.8 Å². The lowest BCUT2D eigenvalue weighted by molar-refractivity contribution is -0.126. The highest BCUT2D eigenvalue weighted by Gasteiger charge is 2.29. The standard InChI is InChI=1S/C25H42N4O3/c1-19-6-7-20(2)29(19)17-14-27-12-15-28(16-13-27)21(3)25(30)26-11-10-22-8-9-23(31-4)24(18-22)32-5/h8-9,18-21H,6-7,10-17H2,1-5H3,(H,26,30). The Morgan fingerprint density at radius 3 is 2.31 bits per heavy atom. The predicted molar refractivity (Wildman–Crippen MR) is 129 cm³/mol. The average molecular weight is 447 g/mol. The minimum absolute atomic E-state index is 0.0961. The van der Waals surface area contributed by atoms with E-state index in [0.29, 0.717) is 18.6 Å². The predicted octanol–water partition coefficient (Wildman–Crippen LogP) is 2.24. The zero-order valence-electron chi connectivity index (χ0n) is 20.6. The molecular formula is C25H42N4O3. The first-order valence-corrected chi connectivity index (χ1v) is 12.1. The molecule has 0 bridgehead atoms. The molecule has 2 heterocycles. The number of carbonyl (C=O) groups excluding carboxylic acids is 1. The number of likely N-dealkylation sites (tertiary alicyclic amines) is 1. The fourth-order valence-electron chi connectivity index (χ4n) is 5.00. The molecule has 3 unspecified atom stereocenters. The van der Waals surface area contributed by atoms with Crippen molar-refractivity contribution in [3.8, 4) is 11.5 Å². The topological polar surface area (TPSA) is 57.3 Å². The maximum atomic E-state index is 12.7. The van der Waals surface area contributed by atoms with Crippen LogP contribution in [0.2, 0.25) is 0 Å². The van der Waals surface area contributed by atoms with Crippen molar-refractivity contribution in [1.82, 2.24) is 20.0 Å². The van der Waals surface area contributed by atoms with Crippen LogP contribution in [0.4, 0.5) is 0 Å². The Labute approximate surface area is 194 Å². The molecule has 1 aromatic carbocycles. The molecule has 7 heteroatoms. The summed E-state index contributed by atoms with van der Waals surface area (Å²) in [6.07, 6.45) is 3.42. The molecule has 0 saturated carbocycles. The molecule has 1 aromatic rings. The van der Waals surface area contributed by atoms with Gasteiger partial charge in [-0.3, -0.25) is 19.5 Å². The van der Waals surface area contributed by atoms with E-state index in [1.807, 2.05) is 25.1 Å². The van der Waals surface area contributed by atoms with E-state index in [4.69, 9.17) is 9.47 Å². The van der Waals surface area contributed by atoms with Crippen molar-refractivity contribution in [2.75, 3.05) is 60.0 Å². The van der Waals surface area contributed by atoms with Crippen molar-refractivity contribution >= 4 is 5.91 Å². The van der Waals surface area contributed by atoms with Crippen LogP contribution in [-0.2, 0) is 11.2 Å². The van der Waals surface area contributed by atoms with Gasteiger partial charge in [-0.2, -0.15) is 0 Å². The smallest absolute Gasteiger partial charge is 0.237 e. The van der Waals surface area contributed by atoms with E-state index in [9.17, 15) is 4.79 Å². The quantitative estimate of drug-likeness (QED) is 0.595. The van der Waals surface area contributed by atoms with Crippen LogP contribution in [0.25, 0.3) is 0 Å². The van der Waals surface area contributed by atoms with Crippen LogP contribution in [0.15, 0.2) is 18.2 Å². The van der Waals surface area contributed by atoms with Gasteiger partial charge in [0.1, 0.15) is 0 Å². The van der Waals surface area contributed by atoms with Gasteiger partial charge in [0, 0.05) is 57.9 Å². The fourth-order valence-corrected chi connectivity index (χ4v) is 5.00. The van der Waals surface area contributed by atoms with Gasteiger partial charge in [0.15, 0.2) is 11.5 Å². The van der Waals surface area contributed by atoms with Gasteiger partial charge in [0.05, 0.1) is 20.3 Å². The first-order valence-electron chi connectivity index (χ1n) is 12.1. The molecule has 2 saturated heterocycles. The van der Waals surface area contributed by atoms with Gasteiger partial charge in [-0.25, -0.2) is 0 Å². The van der Waals surface area contributed by atoms with E-state index in [-0.39, 0.29) is 11.9 Å². The third kappa shape index (κ3) is 6.36. The van der Waals surface area contributed by atoms with Crippen molar-refractivity contribution in [3.63, 3.8) is 0 Å². The Bertz CT molecular complexity index is 726. The van der Waals surface area contributed by atoms with Crippen LogP contribution in [0.5, 0.6) is 11.5 Å². The first-order chi connectivity index (χ1) is 15.4. The van der Waals surface area contributed by atoms with E-state index in [1.54, 1.807) is 14.2 Å². The number of rotatable bonds is 10. The summed E-state index contributed by atoms with van der Waals surface area (Å²) in [5.74, 6) is 1.55. The average Bonchev–Trinajstić information content (AvgIpc) is 3.14. The molecule has 0 spiro atoms. The second kappa shape index (κ2) is 11.9. The summed E-state index contributed by atoms with van der Waals surface area (Å²) in [7, 11) is 3.27. The number of hydrogen-bond acceptors (Lipinski definition) is 6. The number of ether oxygens (including phenoxy) is 2. The summed E-state index contributed by atoms with van der Waals surface area (Å²) in [5.41, 5.74) is 1.12. The maximum Gasteiger partial charge on any atom is 0.237 e. The van der Waals surface area contributed by atoms with Crippen molar-refractivity contribution in [3.05, 3.63) is 23.8 Å². The highest BCUT2D eigenvalue weighted by molar-refractivity contribution is 5.81. The van der Waals surface area contributed by atoms with E-state index >= 15 is 0 Å². The second-order valence-electron chi connectivity index (χ2n) is 9.30. The molecule has 0 aromatic heterocycles. The largest absolute Gasteiger partial charge is 0.493 e. The fraction of sp³-hybridized carbons (Fsp3) is 0.720. The van der Waals surface area contributed by atoms with Gasteiger partial charge < -0.3 is 14.8 Å². The zero-order valence-corrected chi connectivity index (χ0v) is 20.6. The van der Waals surface area contributed by atoms with Crippen molar-refractivity contribution in [2.45, 2.75) is 58.2 Å². The molecule has 180 valence electrons. The molecule has 2 aliphatic heterocycles. The number of benzene rings is 1. The van der Waals surface area contributed by atoms with Crippen LogP contribution in [0, 0.1) is 0 Å². The summed E-state index contributed by atoms with van der Waals surface area (Å²) in [5, 5.41) is 3.10. The first kappa shape index (κ1) is 24.8. The van der Waals surface area contributed by atoms with Gasteiger partial charge in [0.25, 0.3) is 0 Å². The summed E-state index contributed by atoms with van der Waals surface area (Å²) in [4.78, 5) is 20.2. The van der Waals surface area contributed by atoms with Crippen LogP contribution in [0.3, 0.4) is 0 Å². The molecule has 3 rings (SSSR count). The Balaban J connectivity index is 1.36. The molecule has 2 aliphatic rings. The molecule has 1 N–H and O–H groups in total. The van der Waals surface area contributed by atoms with E-state index < -0.39 is 0 Å². The SMILES string of the molecule is COc1ccc(CCNC(=O)C(C)N2CCN(CCN3C(C)CCC3C)CC2)cc1OC. The minimum Gasteiger partial charge on any atom is -0.493 e. The number of amides is 1. The Kier molecular flexibility index (Phi) is 9.20. The third-order valence-electron chi connectivity index (χ3n) is 7.30. The summed E-state index contributed by atoms with van der Waals surface area (Å²) >= 11 is 0. The zero-order chi connectivity index (χ0) is 23.1. The Morgan fingerprint density at radius 2 is 1.69 bits per heavy atom. The molecule has 1 amide bonds. The summed E-state index contributed by atoms with van der Waals surface area (Å²) < 4.78 is 10.6. The van der Waals surface area contributed by atoms with Crippen LogP contribution in [-0.4, -0.2) is 98.8 Å². The summed E-state index contributed by atoms with van der Waals surface area (Å²) in [6, 6.07) is 7.23. The van der Waals surface area contributed by atoms with Crippen LogP contribution >= 0.6 is 0 Å². The van der Waals surface area contributed by atoms with Gasteiger partial charge >= 0.3 is 0 Å². The number of nitrogens with one attached hydrogen (secondary N) is 1. The lowest BCUT2D eigenvalue weighted by atomic mass is 10.1. The van der Waals surface area contributed by atoms with Gasteiger partial charge in [0.2, 0.25) is 5.91 Å². The number of methoxy groups -OCH3 is 2. The Hall–Kier alpha value is -1.83. The highest BCUT2D eigenvalue weighted by Crippen LogP contribution is 2.27. The van der Waals surface area contributed by atoms with Crippen molar-refractivity contribution in [2.24, 2.45) is 0 Å². The molecular weight excluding hydrogens is 404 g/mol. The van der Waals surface area contributed by atoms with Gasteiger partial charge in [-0.15, -0.1) is 0 Å². The maximum absolute atomic E-state index is 12.7. The number of hydrogen-bond donors (Lipinski definition) is 1. The normalized spacial score (nSPS) is 23.8. The monoisotopic (exact) mass is 446 g/mol. The molecule has 2 fully saturated rings. The lowest BCUT2D eigenvalue weighted by Crippen LogP contribution is -2.55. The second-order valence-corrected chi connectivity index (χ2v) is 9.30. The molecule has 7 nitrogen and oxygen atoms in total. The van der Waals surface area contributed by atoms with Crippen LogP contribution in [0.1, 0.15) is 39.2 Å².